The molecule has 6 nitrogen and oxygen atoms in total. The first-order chi connectivity index (χ1) is 6.74. The predicted molar refractivity (Wildman–Crippen MR) is 48.9 cm³/mol. The van der Waals surface area contributed by atoms with Crippen LogP contribution in [0.15, 0.2) is 12.5 Å². The third kappa shape index (κ3) is 1.16. The van der Waals surface area contributed by atoms with E-state index in [-0.39, 0.29) is 18.2 Å². The van der Waals surface area contributed by atoms with E-state index < -0.39 is 0 Å². The highest BCUT2D eigenvalue weighted by molar-refractivity contribution is 5.94. The highest BCUT2D eigenvalue weighted by Crippen LogP contribution is 2.06. The van der Waals surface area contributed by atoms with Gasteiger partial charge in [0.2, 0.25) is 11.6 Å². The molecule has 0 spiro atoms. The Hall–Kier alpha value is -1.82. The maximum atomic E-state index is 11.3. The Morgan fingerprint density at radius 2 is 2.36 bits per heavy atom. The number of aryl methyl sites for hydroxylation is 1. The summed E-state index contributed by atoms with van der Waals surface area (Å²) in [4.78, 5) is 15.3. The number of hydrogen-bond donors (Lipinski definition) is 1. The van der Waals surface area contributed by atoms with Crippen molar-refractivity contribution < 1.29 is 4.79 Å². The van der Waals surface area contributed by atoms with Gasteiger partial charge in [-0.15, -0.1) is 10.2 Å². The highest BCUT2D eigenvalue weighted by atomic mass is 16.1. The van der Waals surface area contributed by atoms with E-state index in [4.69, 9.17) is 5.73 Å². The molecule has 2 rings (SSSR count). The molecule has 0 aromatic carbocycles. The van der Waals surface area contributed by atoms with E-state index in [0.29, 0.717) is 5.65 Å². The average Bonchev–Trinajstić information content (AvgIpc) is 2.62. The lowest BCUT2D eigenvalue weighted by Crippen LogP contribution is -2.16. The number of hydrogen-bond acceptors (Lipinski definition) is 5. The maximum absolute atomic E-state index is 11.3. The van der Waals surface area contributed by atoms with Crippen LogP contribution < -0.4 is 5.73 Å². The summed E-state index contributed by atoms with van der Waals surface area (Å²) in [5.41, 5.74) is 6.75. The quantitative estimate of drug-likeness (QED) is 0.651. The summed E-state index contributed by atoms with van der Waals surface area (Å²) in [5.74, 6) is -0.0106. The molecule has 14 heavy (non-hydrogen) atoms. The minimum absolute atomic E-state index is 0.0747. The van der Waals surface area contributed by atoms with E-state index in [1.165, 1.54) is 6.33 Å². The van der Waals surface area contributed by atoms with Crippen molar-refractivity contribution in [3.63, 3.8) is 0 Å². The monoisotopic (exact) mass is 191 g/mol. The van der Waals surface area contributed by atoms with E-state index >= 15 is 0 Å². The summed E-state index contributed by atoms with van der Waals surface area (Å²) in [5, 5.41) is 7.65. The molecule has 2 N–H and O–H groups in total. The van der Waals surface area contributed by atoms with Gasteiger partial charge in [-0.2, -0.15) is 0 Å². The number of carbonyl (C=O) groups excluding carboxylic acids is 1. The Kier molecular flexibility index (Phi) is 1.97. The van der Waals surface area contributed by atoms with Crippen LogP contribution in [0.3, 0.4) is 0 Å². The number of nitrogens with two attached hydrogens (primary N) is 1. The molecule has 0 radical (unpaired) electrons. The van der Waals surface area contributed by atoms with Crippen LogP contribution in [-0.2, 0) is 0 Å². The van der Waals surface area contributed by atoms with Crippen molar-refractivity contribution in [1.82, 2.24) is 19.6 Å². The molecular weight excluding hydrogens is 182 g/mol. The molecule has 0 fully saturated rings. The number of nitrogens with zero attached hydrogens (tertiary/aromatic N) is 4. The zero-order chi connectivity index (χ0) is 10.1. The van der Waals surface area contributed by atoms with Crippen molar-refractivity contribution in [2.45, 2.75) is 6.92 Å². The second-order valence-corrected chi connectivity index (χ2v) is 2.92. The van der Waals surface area contributed by atoms with Crippen LogP contribution in [0.4, 0.5) is 0 Å². The van der Waals surface area contributed by atoms with Crippen molar-refractivity contribution >= 4 is 11.4 Å². The van der Waals surface area contributed by atoms with Gasteiger partial charge in [-0.05, 0) is 6.92 Å². The predicted octanol–water partition coefficient (Wildman–Crippen LogP) is -0.426. The molecule has 0 amide bonds. The third-order valence-electron chi connectivity index (χ3n) is 1.93. The summed E-state index contributed by atoms with van der Waals surface area (Å²) in [6.07, 6.45) is 3.17. The van der Waals surface area contributed by atoms with Crippen molar-refractivity contribution in [3.05, 3.63) is 23.9 Å². The standard InChI is InChI=1S/C8H9N5O/c1-5-3-10-4-13-7(5)11-12-8(13)6(14)2-9/h3-4H,2,9H2,1H3. The number of Topliss-reactive ketones (excluding diaryl/α,β-unsaturated/α-hetero) is 1. The molecule has 0 atom stereocenters. The Bertz CT molecular complexity index is 489. The Balaban J connectivity index is 2.70. The van der Waals surface area contributed by atoms with Gasteiger partial charge in [-0.3, -0.25) is 9.20 Å². The van der Waals surface area contributed by atoms with Gasteiger partial charge in [-0.1, -0.05) is 0 Å². The Labute approximate surface area is 79.8 Å². The molecule has 0 saturated carbocycles. The molecule has 0 bridgehead atoms. The number of carbonyl (C=O) groups is 1. The van der Waals surface area contributed by atoms with Crippen molar-refractivity contribution in [3.8, 4) is 0 Å². The van der Waals surface area contributed by atoms with Crippen molar-refractivity contribution in [2.24, 2.45) is 5.73 Å². The topological polar surface area (TPSA) is 86.2 Å². The molecular formula is C8H9N5O. The van der Waals surface area contributed by atoms with Gasteiger partial charge < -0.3 is 5.73 Å². The van der Waals surface area contributed by atoms with Gasteiger partial charge in [0.1, 0.15) is 6.33 Å². The summed E-state index contributed by atoms with van der Waals surface area (Å²) < 4.78 is 1.55. The molecule has 72 valence electrons. The van der Waals surface area contributed by atoms with Gasteiger partial charge in [0, 0.05) is 11.8 Å². The van der Waals surface area contributed by atoms with Crippen LogP contribution in [0, 0.1) is 6.92 Å². The maximum Gasteiger partial charge on any atom is 0.214 e. The van der Waals surface area contributed by atoms with Crippen LogP contribution in [-0.4, -0.2) is 31.9 Å². The molecule has 2 heterocycles. The minimum atomic E-state index is -0.245. The van der Waals surface area contributed by atoms with E-state index in [2.05, 4.69) is 15.2 Å². The zero-order valence-corrected chi connectivity index (χ0v) is 7.64. The minimum Gasteiger partial charge on any atom is -0.324 e. The molecule has 0 unspecified atom stereocenters. The van der Waals surface area contributed by atoms with Crippen LogP contribution >= 0.6 is 0 Å². The number of fused-ring (bicyclic) bond motifs is 1. The van der Waals surface area contributed by atoms with Gasteiger partial charge in [0.25, 0.3) is 0 Å². The van der Waals surface area contributed by atoms with E-state index in [1.54, 1.807) is 10.6 Å². The highest BCUT2D eigenvalue weighted by Gasteiger charge is 2.13. The molecule has 6 heteroatoms. The summed E-state index contributed by atoms with van der Waals surface area (Å²) >= 11 is 0. The Morgan fingerprint density at radius 3 is 3.07 bits per heavy atom. The largest absolute Gasteiger partial charge is 0.324 e. The fourth-order valence-corrected chi connectivity index (χ4v) is 1.22. The third-order valence-corrected chi connectivity index (χ3v) is 1.93. The molecule has 2 aromatic heterocycles. The van der Waals surface area contributed by atoms with Crippen LogP contribution in [0.2, 0.25) is 0 Å². The summed E-state index contributed by atoms with van der Waals surface area (Å²) in [6, 6.07) is 0. The van der Waals surface area contributed by atoms with Crippen LogP contribution in [0.5, 0.6) is 0 Å². The first kappa shape index (κ1) is 8.76. The van der Waals surface area contributed by atoms with E-state index in [1.807, 2.05) is 6.92 Å². The first-order valence-electron chi connectivity index (χ1n) is 4.12. The second kappa shape index (κ2) is 3.15. The van der Waals surface area contributed by atoms with Crippen molar-refractivity contribution in [2.75, 3.05) is 6.54 Å². The smallest absolute Gasteiger partial charge is 0.214 e. The lowest BCUT2D eigenvalue weighted by Gasteiger charge is -1.97. The van der Waals surface area contributed by atoms with E-state index in [9.17, 15) is 4.79 Å². The number of rotatable bonds is 2. The van der Waals surface area contributed by atoms with Crippen LogP contribution in [0.25, 0.3) is 5.65 Å². The van der Waals surface area contributed by atoms with Crippen LogP contribution in [0.1, 0.15) is 16.2 Å². The number of ketones is 1. The summed E-state index contributed by atoms with van der Waals surface area (Å²) in [7, 11) is 0. The second-order valence-electron chi connectivity index (χ2n) is 2.92. The van der Waals surface area contributed by atoms with E-state index in [0.717, 1.165) is 5.56 Å². The molecule has 0 aliphatic carbocycles. The molecule has 2 aromatic rings. The van der Waals surface area contributed by atoms with Gasteiger partial charge in [0.15, 0.2) is 5.65 Å². The van der Waals surface area contributed by atoms with Crippen molar-refractivity contribution in [1.29, 1.82) is 0 Å². The molecule has 0 aliphatic rings. The fraction of sp³-hybridized carbons (Fsp3) is 0.250. The molecule has 0 saturated heterocycles. The average molecular weight is 191 g/mol. The lowest BCUT2D eigenvalue weighted by molar-refractivity contribution is 0.0990. The zero-order valence-electron chi connectivity index (χ0n) is 7.64. The van der Waals surface area contributed by atoms with Gasteiger partial charge in [-0.25, -0.2) is 4.98 Å². The Morgan fingerprint density at radius 1 is 1.57 bits per heavy atom. The molecule has 0 aliphatic heterocycles. The first-order valence-corrected chi connectivity index (χ1v) is 4.12. The number of aromatic nitrogens is 4. The van der Waals surface area contributed by atoms with Gasteiger partial charge in [0.05, 0.1) is 6.54 Å². The van der Waals surface area contributed by atoms with Gasteiger partial charge >= 0.3 is 0 Å². The fourth-order valence-electron chi connectivity index (χ4n) is 1.22. The lowest BCUT2D eigenvalue weighted by atomic mass is 10.3. The SMILES string of the molecule is Cc1cncn2c(C(=O)CN)nnc12. The normalized spacial score (nSPS) is 10.7. The summed E-state index contributed by atoms with van der Waals surface area (Å²) in [6.45, 7) is 1.78.